The van der Waals surface area contributed by atoms with Crippen LogP contribution in [0.4, 0.5) is 11.5 Å². The number of aromatic nitrogens is 1. The number of nitrogens with one attached hydrogen (secondary N) is 1. The summed E-state index contributed by atoms with van der Waals surface area (Å²) in [6.45, 7) is -0.244. The van der Waals surface area contributed by atoms with Gasteiger partial charge in [-0.2, -0.15) is 4.98 Å². The lowest BCUT2D eigenvalue weighted by Gasteiger charge is -2.12. The Bertz CT molecular complexity index is 398. The van der Waals surface area contributed by atoms with Crippen LogP contribution in [0.5, 0.6) is 5.88 Å². The molecule has 1 heterocycles. The highest BCUT2D eigenvalue weighted by molar-refractivity contribution is 5.57. The highest BCUT2D eigenvalue weighted by Gasteiger charge is 2.18. The fraction of sp³-hybridized carbons (Fsp3) is 0.444. The fourth-order valence-electron chi connectivity index (χ4n) is 1.15. The fourth-order valence-corrected chi connectivity index (χ4v) is 1.15. The minimum Gasteiger partial charge on any atom is -0.481 e. The Hall–Kier alpha value is -1.93. The van der Waals surface area contributed by atoms with Gasteiger partial charge in [0, 0.05) is 25.2 Å². The molecule has 1 unspecified atom stereocenters. The lowest BCUT2D eigenvalue weighted by atomic mass is 10.3. The molecule has 0 amide bonds. The van der Waals surface area contributed by atoms with E-state index in [9.17, 15) is 15.2 Å². The third-order valence-electron chi connectivity index (χ3n) is 1.96. The SMILES string of the molecule is COc1ccc([N+](=O)[O-])c(NC(O)CCO)n1. The van der Waals surface area contributed by atoms with Crippen LogP contribution < -0.4 is 10.1 Å². The van der Waals surface area contributed by atoms with E-state index in [0.717, 1.165) is 0 Å². The molecule has 0 aromatic carbocycles. The van der Waals surface area contributed by atoms with Crippen molar-refractivity contribution in [3.63, 3.8) is 0 Å². The summed E-state index contributed by atoms with van der Waals surface area (Å²) in [5, 5.41) is 31.2. The van der Waals surface area contributed by atoms with E-state index >= 15 is 0 Å². The summed E-state index contributed by atoms with van der Waals surface area (Å²) in [6.07, 6.45) is -1.07. The van der Waals surface area contributed by atoms with E-state index in [2.05, 4.69) is 10.3 Å². The van der Waals surface area contributed by atoms with Gasteiger partial charge in [-0.3, -0.25) is 10.1 Å². The van der Waals surface area contributed by atoms with Crippen LogP contribution in [0.2, 0.25) is 0 Å². The Labute approximate surface area is 97.0 Å². The summed E-state index contributed by atoms with van der Waals surface area (Å²) in [7, 11) is 1.38. The second kappa shape index (κ2) is 5.97. The van der Waals surface area contributed by atoms with E-state index in [1.165, 1.54) is 19.2 Å². The average molecular weight is 243 g/mol. The molecule has 0 bridgehead atoms. The van der Waals surface area contributed by atoms with E-state index in [0.29, 0.717) is 0 Å². The molecule has 8 heteroatoms. The Balaban J connectivity index is 2.96. The van der Waals surface area contributed by atoms with Crippen molar-refractivity contribution < 1.29 is 19.9 Å². The van der Waals surface area contributed by atoms with Crippen molar-refractivity contribution in [3.8, 4) is 5.88 Å². The summed E-state index contributed by atoms with van der Waals surface area (Å²) >= 11 is 0. The number of nitrogens with zero attached hydrogens (tertiary/aromatic N) is 2. The van der Waals surface area contributed by atoms with Gasteiger partial charge in [-0.1, -0.05) is 0 Å². The number of aliphatic hydroxyl groups excluding tert-OH is 2. The monoisotopic (exact) mass is 243 g/mol. The maximum Gasteiger partial charge on any atom is 0.311 e. The molecule has 0 radical (unpaired) electrons. The minimum absolute atomic E-state index is 0.0377. The number of nitro groups is 1. The van der Waals surface area contributed by atoms with Crippen LogP contribution in [-0.2, 0) is 0 Å². The van der Waals surface area contributed by atoms with Crippen molar-refractivity contribution in [1.29, 1.82) is 0 Å². The van der Waals surface area contributed by atoms with Gasteiger partial charge in [-0.05, 0) is 0 Å². The number of hydrogen-bond acceptors (Lipinski definition) is 7. The van der Waals surface area contributed by atoms with Crippen LogP contribution in [0.25, 0.3) is 0 Å². The molecule has 8 nitrogen and oxygen atoms in total. The molecule has 0 aliphatic rings. The van der Waals surface area contributed by atoms with E-state index < -0.39 is 11.2 Å². The summed E-state index contributed by atoms with van der Waals surface area (Å²) in [6, 6.07) is 2.57. The third-order valence-corrected chi connectivity index (χ3v) is 1.96. The van der Waals surface area contributed by atoms with Gasteiger partial charge in [-0.25, -0.2) is 0 Å². The van der Waals surface area contributed by atoms with E-state index in [-0.39, 0.29) is 30.4 Å². The zero-order chi connectivity index (χ0) is 12.8. The predicted molar refractivity (Wildman–Crippen MR) is 58.8 cm³/mol. The molecular weight excluding hydrogens is 230 g/mol. The molecule has 0 fully saturated rings. The molecule has 3 N–H and O–H groups in total. The Kier molecular flexibility index (Phi) is 4.61. The molecular formula is C9H13N3O5. The maximum absolute atomic E-state index is 10.7. The van der Waals surface area contributed by atoms with Crippen molar-refractivity contribution in [2.45, 2.75) is 12.6 Å². The van der Waals surface area contributed by atoms with Crippen LogP contribution in [0, 0.1) is 10.1 Å². The summed E-state index contributed by atoms with van der Waals surface area (Å²) in [4.78, 5) is 13.9. The predicted octanol–water partition coefficient (Wildman–Crippen LogP) is 0.111. The number of anilines is 1. The highest BCUT2D eigenvalue weighted by atomic mass is 16.6. The molecule has 0 spiro atoms. The zero-order valence-electron chi connectivity index (χ0n) is 9.16. The molecule has 0 saturated heterocycles. The number of ether oxygens (including phenoxy) is 1. The summed E-state index contributed by atoms with van der Waals surface area (Å²) in [5.41, 5.74) is -0.275. The van der Waals surface area contributed by atoms with E-state index in [1.807, 2.05) is 0 Å². The van der Waals surface area contributed by atoms with Gasteiger partial charge >= 0.3 is 5.69 Å². The first-order valence-corrected chi connectivity index (χ1v) is 4.83. The lowest BCUT2D eigenvalue weighted by molar-refractivity contribution is -0.384. The van der Waals surface area contributed by atoms with Gasteiger partial charge in [0.15, 0.2) is 0 Å². The van der Waals surface area contributed by atoms with Crippen molar-refractivity contribution in [2.75, 3.05) is 19.0 Å². The lowest BCUT2D eigenvalue weighted by Crippen LogP contribution is -2.21. The van der Waals surface area contributed by atoms with Crippen LogP contribution in [0.1, 0.15) is 6.42 Å². The number of methoxy groups -OCH3 is 1. The summed E-state index contributed by atoms with van der Waals surface area (Å²) < 4.78 is 4.83. The second-order valence-electron chi connectivity index (χ2n) is 3.15. The first-order chi connectivity index (χ1) is 8.08. The molecule has 0 aliphatic carbocycles. The number of hydrogen-bond donors (Lipinski definition) is 3. The van der Waals surface area contributed by atoms with Crippen LogP contribution in [-0.4, -0.2) is 40.1 Å². The van der Waals surface area contributed by atoms with E-state index in [1.54, 1.807) is 0 Å². The Morgan fingerprint density at radius 1 is 1.65 bits per heavy atom. The average Bonchev–Trinajstić information content (AvgIpc) is 2.28. The van der Waals surface area contributed by atoms with Gasteiger partial charge in [0.2, 0.25) is 11.7 Å². The molecule has 0 aliphatic heterocycles. The number of aliphatic hydroxyl groups is 2. The van der Waals surface area contributed by atoms with Crippen molar-refractivity contribution in [3.05, 3.63) is 22.2 Å². The topological polar surface area (TPSA) is 118 Å². The number of rotatable bonds is 6. The third kappa shape index (κ3) is 3.54. The van der Waals surface area contributed by atoms with Crippen LogP contribution in [0.15, 0.2) is 12.1 Å². The smallest absolute Gasteiger partial charge is 0.311 e. The molecule has 1 aromatic heterocycles. The van der Waals surface area contributed by atoms with E-state index in [4.69, 9.17) is 9.84 Å². The number of pyridine rings is 1. The van der Waals surface area contributed by atoms with Gasteiger partial charge < -0.3 is 20.3 Å². The van der Waals surface area contributed by atoms with Gasteiger partial charge in [0.25, 0.3) is 0 Å². The first-order valence-electron chi connectivity index (χ1n) is 4.83. The van der Waals surface area contributed by atoms with Crippen molar-refractivity contribution in [1.82, 2.24) is 4.98 Å². The Morgan fingerprint density at radius 3 is 2.88 bits per heavy atom. The van der Waals surface area contributed by atoms with Crippen molar-refractivity contribution in [2.24, 2.45) is 0 Å². The normalized spacial score (nSPS) is 11.9. The molecule has 1 rings (SSSR count). The quantitative estimate of drug-likeness (QED) is 0.368. The zero-order valence-corrected chi connectivity index (χ0v) is 9.16. The van der Waals surface area contributed by atoms with Crippen LogP contribution >= 0.6 is 0 Å². The molecule has 94 valence electrons. The van der Waals surface area contributed by atoms with Gasteiger partial charge in [0.05, 0.1) is 12.0 Å². The Morgan fingerprint density at radius 2 is 2.35 bits per heavy atom. The first kappa shape index (κ1) is 13.1. The van der Waals surface area contributed by atoms with Gasteiger partial charge in [0.1, 0.15) is 6.23 Å². The molecule has 0 saturated carbocycles. The van der Waals surface area contributed by atoms with Crippen molar-refractivity contribution >= 4 is 11.5 Å². The van der Waals surface area contributed by atoms with Gasteiger partial charge in [-0.15, -0.1) is 0 Å². The largest absolute Gasteiger partial charge is 0.481 e. The highest BCUT2D eigenvalue weighted by Crippen LogP contribution is 2.25. The molecule has 17 heavy (non-hydrogen) atoms. The second-order valence-corrected chi connectivity index (χ2v) is 3.15. The standard InChI is InChI=1S/C9H13N3O5/c1-17-8-3-2-6(12(15)16)9(11-8)10-7(14)4-5-13/h2-3,7,13-14H,4-5H2,1H3,(H,10,11). The van der Waals surface area contributed by atoms with Crippen LogP contribution in [0.3, 0.4) is 0 Å². The molecule has 1 atom stereocenters. The minimum atomic E-state index is -1.11. The molecule has 1 aromatic rings. The maximum atomic E-state index is 10.7. The summed E-state index contributed by atoms with van der Waals surface area (Å²) in [5.74, 6) is 0.0876.